The average molecular weight is 337 g/mol. The monoisotopic (exact) mass is 337 g/mol. The first kappa shape index (κ1) is 19.8. The fraction of sp³-hybridized carbons (Fsp3) is 0.556. The summed E-state index contributed by atoms with van der Waals surface area (Å²) in [6.07, 6.45) is 0.186. The first-order valence-corrected chi connectivity index (χ1v) is 8.16. The van der Waals surface area contributed by atoms with Crippen molar-refractivity contribution in [2.75, 3.05) is 33.4 Å². The Morgan fingerprint density at radius 1 is 1.21 bits per heavy atom. The molecule has 24 heavy (non-hydrogen) atoms. The third-order valence-electron chi connectivity index (χ3n) is 3.23. The summed E-state index contributed by atoms with van der Waals surface area (Å²) >= 11 is 0. The van der Waals surface area contributed by atoms with Gasteiger partial charge in [0.1, 0.15) is 11.5 Å². The summed E-state index contributed by atoms with van der Waals surface area (Å²) in [6, 6.07) is 7.09. The number of carbonyl (C=O) groups is 2. The average Bonchev–Trinajstić information content (AvgIpc) is 2.56. The maximum absolute atomic E-state index is 12.4. The van der Waals surface area contributed by atoms with Gasteiger partial charge in [-0.15, -0.1) is 0 Å². The number of amides is 1. The van der Waals surface area contributed by atoms with E-state index < -0.39 is 0 Å². The first-order chi connectivity index (χ1) is 11.5. The molecule has 0 fully saturated rings. The second-order valence-electron chi connectivity index (χ2n) is 5.76. The molecule has 0 aliphatic rings. The third-order valence-corrected chi connectivity index (χ3v) is 3.23. The molecule has 0 spiro atoms. The number of hydrogen-bond acceptors (Lipinski definition) is 5. The van der Waals surface area contributed by atoms with E-state index in [0.717, 1.165) is 0 Å². The Kier molecular flexibility index (Phi) is 8.68. The molecule has 6 heteroatoms. The molecule has 0 aliphatic carbocycles. The lowest BCUT2D eigenvalue weighted by Gasteiger charge is -2.24. The number of ether oxygens (including phenoxy) is 3. The molecule has 1 aromatic carbocycles. The Hall–Kier alpha value is -2.24. The van der Waals surface area contributed by atoms with Crippen LogP contribution in [0.2, 0.25) is 0 Å². The van der Waals surface area contributed by atoms with Gasteiger partial charge in [-0.05, 0) is 25.0 Å². The minimum absolute atomic E-state index is 0.0806. The minimum Gasteiger partial charge on any atom is -0.497 e. The zero-order chi connectivity index (χ0) is 17.9. The fourth-order valence-electron chi connectivity index (χ4n) is 2.15. The Morgan fingerprint density at radius 2 is 1.92 bits per heavy atom. The second kappa shape index (κ2) is 10.5. The largest absolute Gasteiger partial charge is 0.497 e. The molecule has 0 radical (unpaired) electrons. The predicted molar refractivity (Wildman–Crippen MR) is 91.2 cm³/mol. The number of nitrogens with zero attached hydrogens (tertiary/aromatic N) is 1. The van der Waals surface area contributed by atoms with Crippen molar-refractivity contribution in [2.24, 2.45) is 5.92 Å². The highest BCUT2D eigenvalue weighted by atomic mass is 16.5. The van der Waals surface area contributed by atoms with Gasteiger partial charge in [-0.2, -0.15) is 0 Å². The van der Waals surface area contributed by atoms with Gasteiger partial charge in [0.2, 0.25) is 0 Å². The molecular weight excluding hydrogens is 310 g/mol. The minimum atomic E-state index is -0.298. The zero-order valence-electron chi connectivity index (χ0n) is 14.9. The number of rotatable bonds is 10. The van der Waals surface area contributed by atoms with Gasteiger partial charge in [0, 0.05) is 19.2 Å². The SMILES string of the molecule is CCOC(=O)CCN(CC(C)C)C(=O)COc1cccc(OC)c1. The van der Waals surface area contributed by atoms with E-state index in [1.54, 1.807) is 43.2 Å². The van der Waals surface area contributed by atoms with Crippen LogP contribution in [-0.2, 0) is 14.3 Å². The third kappa shape index (κ3) is 7.35. The summed E-state index contributed by atoms with van der Waals surface area (Å²) in [7, 11) is 1.57. The molecule has 0 atom stereocenters. The lowest BCUT2D eigenvalue weighted by molar-refractivity contribution is -0.144. The number of benzene rings is 1. The maximum Gasteiger partial charge on any atom is 0.307 e. The van der Waals surface area contributed by atoms with Gasteiger partial charge in [-0.1, -0.05) is 19.9 Å². The molecule has 0 unspecified atom stereocenters. The van der Waals surface area contributed by atoms with E-state index in [9.17, 15) is 9.59 Å². The fourth-order valence-corrected chi connectivity index (χ4v) is 2.15. The van der Waals surface area contributed by atoms with Crippen LogP contribution in [0.1, 0.15) is 27.2 Å². The normalized spacial score (nSPS) is 10.4. The quantitative estimate of drug-likeness (QED) is 0.614. The smallest absolute Gasteiger partial charge is 0.307 e. The van der Waals surface area contributed by atoms with Crippen molar-refractivity contribution in [1.29, 1.82) is 0 Å². The highest BCUT2D eigenvalue weighted by Gasteiger charge is 2.17. The molecule has 0 saturated heterocycles. The van der Waals surface area contributed by atoms with Crippen molar-refractivity contribution in [1.82, 2.24) is 4.90 Å². The number of hydrogen-bond donors (Lipinski definition) is 0. The lowest BCUT2D eigenvalue weighted by Crippen LogP contribution is -2.39. The van der Waals surface area contributed by atoms with Gasteiger partial charge in [0.05, 0.1) is 20.1 Å². The van der Waals surface area contributed by atoms with Gasteiger partial charge in [-0.25, -0.2) is 0 Å². The summed E-state index contributed by atoms with van der Waals surface area (Å²) < 4.78 is 15.6. The van der Waals surface area contributed by atoms with Crippen LogP contribution in [0.3, 0.4) is 0 Å². The van der Waals surface area contributed by atoms with E-state index in [1.165, 1.54) is 0 Å². The van der Waals surface area contributed by atoms with Crippen molar-refractivity contribution in [3.63, 3.8) is 0 Å². The first-order valence-electron chi connectivity index (χ1n) is 8.16. The molecule has 0 bridgehead atoms. The topological polar surface area (TPSA) is 65.1 Å². The summed E-state index contributed by atoms with van der Waals surface area (Å²) in [4.78, 5) is 25.5. The van der Waals surface area contributed by atoms with Gasteiger partial charge in [-0.3, -0.25) is 9.59 Å². The van der Waals surface area contributed by atoms with Crippen LogP contribution in [0.5, 0.6) is 11.5 Å². The predicted octanol–water partition coefficient (Wildman–Crippen LogP) is 2.51. The molecule has 6 nitrogen and oxygen atoms in total. The molecule has 0 aliphatic heterocycles. The second-order valence-corrected chi connectivity index (χ2v) is 5.76. The van der Waals surface area contributed by atoms with E-state index in [2.05, 4.69) is 0 Å². The molecule has 134 valence electrons. The van der Waals surface area contributed by atoms with Crippen molar-refractivity contribution in [2.45, 2.75) is 27.2 Å². The number of methoxy groups -OCH3 is 1. The van der Waals surface area contributed by atoms with Gasteiger partial charge < -0.3 is 19.1 Å². The van der Waals surface area contributed by atoms with Gasteiger partial charge in [0.25, 0.3) is 5.91 Å². The Morgan fingerprint density at radius 3 is 2.54 bits per heavy atom. The van der Waals surface area contributed by atoms with Crippen LogP contribution >= 0.6 is 0 Å². The molecule has 1 amide bonds. The summed E-state index contributed by atoms with van der Waals surface area (Å²) in [5.41, 5.74) is 0. The lowest BCUT2D eigenvalue weighted by atomic mass is 10.2. The number of esters is 1. The maximum atomic E-state index is 12.4. The Balaban J connectivity index is 2.58. The van der Waals surface area contributed by atoms with E-state index in [-0.39, 0.29) is 24.9 Å². The summed E-state index contributed by atoms with van der Waals surface area (Å²) in [5.74, 6) is 1.08. The van der Waals surface area contributed by atoms with E-state index >= 15 is 0 Å². The van der Waals surface area contributed by atoms with Crippen LogP contribution < -0.4 is 9.47 Å². The van der Waals surface area contributed by atoms with Crippen LogP contribution in [0.4, 0.5) is 0 Å². The van der Waals surface area contributed by atoms with Crippen molar-refractivity contribution in [3.8, 4) is 11.5 Å². The summed E-state index contributed by atoms with van der Waals surface area (Å²) in [5, 5.41) is 0. The molecule has 0 N–H and O–H groups in total. The standard InChI is InChI=1S/C18H27NO5/c1-5-23-18(21)9-10-19(12-14(2)3)17(20)13-24-16-8-6-7-15(11-16)22-4/h6-8,11,14H,5,9-10,12-13H2,1-4H3. The molecular formula is C18H27NO5. The number of carbonyl (C=O) groups excluding carboxylic acids is 2. The molecule has 0 aromatic heterocycles. The zero-order valence-corrected chi connectivity index (χ0v) is 14.9. The molecule has 1 aromatic rings. The van der Waals surface area contributed by atoms with Crippen LogP contribution in [-0.4, -0.2) is 50.2 Å². The summed E-state index contributed by atoms with van der Waals surface area (Å²) in [6.45, 7) is 6.97. The van der Waals surface area contributed by atoms with Crippen LogP contribution in [0.25, 0.3) is 0 Å². The van der Waals surface area contributed by atoms with E-state index in [4.69, 9.17) is 14.2 Å². The highest BCUT2D eigenvalue weighted by Crippen LogP contribution is 2.18. The highest BCUT2D eigenvalue weighted by molar-refractivity contribution is 5.78. The van der Waals surface area contributed by atoms with Crippen molar-refractivity contribution < 1.29 is 23.8 Å². The van der Waals surface area contributed by atoms with Crippen molar-refractivity contribution >= 4 is 11.9 Å². The van der Waals surface area contributed by atoms with E-state index in [1.807, 2.05) is 13.8 Å². The van der Waals surface area contributed by atoms with Crippen molar-refractivity contribution in [3.05, 3.63) is 24.3 Å². The van der Waals surface area contributed by atoms with Crippen LogP contribution in [0, 0.1) is 5.92 Å². The van der Waals surface area contributed by atoms with Gasteiger partial charge in [0.15, 0.2) is 6.61 Å². The van der Waals surface area contributed by atoms with Crippen LogP contribution in [0.15, 0.2) is 24.3 Å². The molecule has 0 heterocycles. The molecule has 0 saturated carbocycles. The Labute approximate surface area is 143 Å². The van der Waals surface area contributed by atoms with E-state index in [0.29, 0.717) is 37.1 Å². The molecule has 1 rings (SSSR count). The Bertz CT molecular complexity index is 530. The van der Waals surface area contributed by atoms with Gasteiger partial charge >= 0.3 is 5.97 Å².